The average Bonchev–Trinajstić information content (AvgIpc) is 3.40. The van der Waals surface area contributed by atoms with Crippen molar-refractivity contribution in [3.05, 3.63) is 36.5 Å². The van der Waals surface area contributed by atoms with Crippen molar-refractivity contribution >= 4 is 11.9 Å². The standard InChI is InChI=1S/C68H129NO5/c1-3-5-7-9-11-13-15-16-17-18-33-36-39-42-46-50-54-58-62-68(73)74-63-59-55-51-47-43-40-37-34-31-29-27-25-23-21-19-20-22-24-26-28-30-32-35-38-41-45-49-53-57-61-67(72)69-65(64-70)66(71)60-56-52-48-44-14-12-10-8-6-4-2/h13,15,17-18,56,60,65-66,70-71H,3-12,14,16,19-55,57-59,61-64H2,1-2H3,(H,69,72)/b15-13-,18-17-,60-56+. The van der Waals surface area contributed by atoms with Crippen molar-refractivity contribution in [1.29, 1.82) is 0 Å². The van der Waals surface area contributed by atoms with Gasteiger partial charge in [0.15, 0.2) is 0 Å². The summed E-state index contributed by atoms with van der Waals surface area (Å²) in [7, 11) is 0. The fraction of sp³-hybridized carbons (Fsp3) is 0.882. The first-order chi connectivity index (χ1) is 36.5. The lowest BCUT2D eigenvalue weighted by Gasteiger charge is -2.20. The molecule has 1 amide bonds. The highest BCUT2D eigenvalue weighted by atomic mass is 16.5. The van der Waals surface area contributed by atoms with E-state index in [0.717, 1.165) is 51.4 Å². The lowest BCUT2D eigenvalue weighted by Crippen LogP contribution is -2.45. The zero-order chi connectivity index (χ0) is 53.6. The molecule has 0 aromatic heterocycles. The number of carbonyl (C=O) groups is 2. The van der Waals surface area contributed by atoms with Gasteiger partial charge in [-0.15, -0.1) is 0 Å². The molecule has 74 heavy (non-hydrogen) atoms. The van der Waals surface area contributed by atoms with E-state index in [4.69, 9.17) is 4.74 Å². The second kappa shape index (κ2) is 63.6. The molecule has 6 heteroatoms. The largest absolute Gasteiger partial charge is 0.466 e. The van der Waals surface area contributed by atoms with Crippen LogP contribution in [-0.4, -0.2) is 47.4 Å². The van der Waals surface area contributed by atoms with Crippen molar-refractivity contribution in [2.24, 2.45) is 0 Å². The van der Waals surface area contributed by atoms with Crippen LogP contribution in [0.2, 0.25) is 0 Å². The zero-order valence-electron chi connectivity index (χ0n) is 49.8. The molecule has 3 N–H and O–H groups in total. The van der Waals surface area contributed by atoms with E-state index in [9.17, 15) is 19.8 Å². The number of unbranched alkanes of at least 4 members (excludes halogenated alkanes) is 47. The molecule has 0 fully saturated rings. The molecule has 0 bridgehead atoms. The Kier molecular flexibility index (Phi) is 62.0. The van der Waals surface area contributed by atoms with Gasteiger partial charge < -0.3 is 20.3 Å². The number of aliphatic hydroxyl groups is 2. The van der Waals surface area contributed by atoms with Gasteiger partial charge in [0.05, 0.1) is 25.4 Å². The van der Waals surface area contributed by atoms with E-state index in [-0.39, 0.29) is 18.5 Å². The van der Waals surface area contributed by atoms with Gasteiger partial charge in [-0.05, 0) is 64.2 Å². The summed E-state index contributed by atoms with van der Waals surface area (Å²) in [6.45, 7) is 4.88. The Bertz CT molecular complexity index is 1200. The Hall–Kier alpha value is -1.92. The third kappa shape index (κ3) is 59.3. The third-order valence-electron chi connectivity index (χ3n) is 15.4. The van der Waals surface area contributed by atoms with Gasteiger partial charge in [-0.3, -0.25) is 9.59 Å². The monoisotopic (exact) mass is 1040 g/mol. The molecule has 0 radical (unpaired) electrons. The molecule has 0 saturated heterocycles. The molecule has 0 aromatic carbocycles. The second-order valence-electron chi connectivity index (χ2n) is 22.8. The van der Waals surface area contributed by atoms with Crippen LogP contribution in [-0.2, 0) is 14.3 Å². The average molecular weight is 1040 g/mol. The van der Waals surface area contributed by atoms with E-state index in [1.54, 1.807) is 6.08 Å². The molecule has 0 spiro atoms. The number of esters is 1. The number of allylic oxidation sites excluding steroid dienone is 5. The van der Waals surface area contributed by atoms with Crippen molar-refractivity contribution < 1.29 is 24.5 Å². The summed E-state index contributed by atoms with van der Waals surface area (Å²) in [6.07, 6.45) is 80.8. The molecule has 436 valence electrons. The van der Waals surface area contributed by atoms with E-state index in [1.165, 1.54) is 283 Å². The summed E-state index contributed by atoms with van der Waals surface area (Å²) < 4.78 is 5.50. The molecular weight excluding hydrogens is 911 g/mol. The normalized spacial score (nSPS) is 12.8. The van der Waals surface area contributed by atoms with E-state index in [2.05, 4.69) is 43.5 Å². The molecule has 0 heterocycles. The predicted molar refractivity (Wildman–Crippen MR) is 324 cm³/mol. The molecule has 2 atom stereocenters. The Balaban J connectivity index is 3.32. The highest BCUT2D eigenvalue weighted by molar-refractivity contribution is 5.76. The quantitative estimate of drug-likeness (QED) is 0.0320. The molecule has 0 rings (SSSR count). The summed E-state index contributed by atoms with van der Waals surface area (Å²) in [6, 6.07) is -0.623. The van der Waals surface area contributed by atoms with Gasteiger partial charge in [-0.25, -0.2) is 0 Å². The second-order valence-corrected chi connectivity index (χ2v) is 22.8. The third-order valence-corrected chi connectivity index (χ3v) is 15.4. The zero-order valence-corrected chi connectivity index (χ0v) is 49.8. The minimum atomic E-state index is -0.840. The summed E-state index contributed by atoms with van der Waals surface area (Å²) in [5.74, 6) is -0.0536. The number of hydrogen-bond donors (Lipinski definition) is 3. The number of carbonyl (C=O) groups excluding carboxylic acids is 2. The van der Waals surface area contributed by atoms with Gasteiger partial charge in [0, 0.05) is 12.8 Å². The lowest BCUT2D eigenvalue weighted by molar-refractivity contribution is -0.143. The van der Waals surface area contributed by atoms with Crippen molar-refractivity contribution in [2.45, 2.75) is 373 Å². The van der Waals surface area contributed by atoms with Crippen molar-refractivity contribution in [1.82, 2.24) is 5.32 Å². The van der Waals surface area contributed by atoms with Crippen molar-refractivity contribution in [2.75, 3.05) is 13.2 Å². The highest BCUT2D eigenvalue weighted by Crippen LogP contribution is 2.18. The van der Waals surface area contributed by atoms with Crippen LogP contribution in [0.1, 0.15) is 361 Å². The number of hydrogen-bond acceptors (Lipinski definition) is 5. The predicted octanol–water partition coefficient (Wildman–Crippen LogP) is 21.1. The maximum Gasteiger partial charge on any atom is 0.305 e. The fourth-order valence-electron chi connectivity index (χ4n) is 10.3. The van der Waals surface area contributed by atoms with Gasteiger partial charge in [0.25, 0.3) is 0 Å². The topological polar surface area (TPSA) is 95.9 Å². The maximum atomic E-state index is 12.4. The lowest BCUT2D eigenvalue weighted by atomic mass is 10.0. The molecular formula is C68H129NO5. The Morgan fingerprint density at radius 2 is 0.676 bits per heavy atom. The summed E-state index contributed by atoms with van der Waals surface area (Å²) >= 11 is 0. The van der Waals surface area contributed by atoms with E-state index >= 15 is 0 Å². The molecule has 2 unspecified atom stereocenters. The summed E-state index contributed by atoms with van der Waals surface area (Å²) in [4.78, 5) is 24.5. The number of amides is 1. The van der Waals surface area contributed by atoms with E-state index < -0.39 is 12.1 Å². The highest BCUT2D eigenvalue weighted by Gasteiger charge is 2.18. The Labute approximate surface area is 462 Å². The first-order valence-corrected chi connectivity index (χ1v) is 33.3. The molecule has 0 aliphatic carbocycles. The van der Waals surface area contributed by atoms with Crippen molar-refractivity contribution in [3.63, 3.8) is 0 Å². The summed E-state index contributed by atoms with van der Waals surface area (Å²) in [5.41, 5.74) is 0. The molecule has 6 nitrogen and oxygen atoms in total. The van der Waals surface area contributed by atoms with E-state index in [0.29, 0.717) is 19.4 Å². The fourth-order valence-corrected chi connectivity index (χ4v) is 10.3. The number of ether oxygens (including phenoxy) is 1. The van der Waals surface area contributed by atoms with Crippen LogP contribution < -0.4 is 5.32 Å². The molecule has 0 aromatic rings. The molecule has 0 aliphatic heterocycles. The first-order valence-electron chi connectivity index (χ1n) is 33.3. The van der Waals surface area contributed by atoms with Crippen LogP contribution in [0.3, 0.4) is 0 Å². The van der Waals surface area contributed by atoms with Crippen LogP contribution in [0.15, 0.2) is 36.5 Å². The number of rotatable bonds is 62. The summed E-state index contributed by atoms with van der Waals surface area (Å²) in [5, 5.41) is 23.0. The van der Waals surface area contributed by atoms with Gasteiger partial charge in [0.1, 0.15) is 0 Å². The van der Waals surface area contributed by atoms with Crippen molar-refractivity contribution in [3.8, 4) is 0 Å². The molecule has 0 aliphatic rings. The van der Waals surface area contributed by atoms with E-state index in [1.807, 2.05) is 6.08 Å². The number of nitrogens with one attached hydrogen (secondary N) is 1. The van der Waals surface area contributed by atoms with Crippen LogP contribution in [0.25, 0.3) is 0 Å². The SMILES string of the molecule is CCCCCC/C=C\C/C=C\CCCCCCCCCC(=O)OCCCCCCCCCCCCCCCCCCCCCCCCCCCCCCCC(=O)NC(CO)C(O)/C=C/CCCCCCCCCC. The van der Waals surface area contributed by atoms with Crippen LogP contribution in [0.5, 0.6) is 0 Å². The Morgan fingerprint density at radius 1 is 0.378 bits per heavy atom. The van der Waals surface area contributed by atoms with Gasteiger partial charge in [0.2, 0.25) is 5.91 Å². The minimum Gasteiger partial charge on any atom is -0.466 e. The Morgan fingerprint density at radius 3 is 1.04 bits per heavy atom. The smallest absolute Gasteiger partial charge is 0.305 e. The van der Waals surface area contributed by atoms with Gasteiger partial charge in [-0.1, -0.05) is 320 Å². The number of aliphatic hydroxyl groups excluding tert-OH is 2. The van der Waals surface area contributed by atoms with Crippen LogP contribution >= 0.6 is 0 Å². The van der Waals surface area contributed by atoms with Crippen LogP contribution in [0, 0.1) is 0 Å². The molecule has 0 saturated carbocycles. The van der Waals surface area contributed by atoms with Crippen LogP contribution in [0.4, 0.5) is 0 Å². The van der Waals surface area contributed by atoms with Gasteiger partial charge >= 0.3 is 5.97 Å². The maximum absolute atomic E-state index is 12.4. The minimum absolute atomic E-state index is 0.0119. The first kappa shape index (κ1) is 72.1. The van der Waals surface area contributed by atoms with Gasteiger partial charge in [-0.2, -0.15) is 0 Å².